The van der Waals surface area contributed by atoms with Crippen LogP contribution in [0, 0.1) is 0 Å². The van der Waals surface area contributed by atoms with Gasteiger partial charge in [-0.25, -0.2) is 10.3 Å². The molecule has 2 atom stereocenters. The maximum atomic E-state index is 12.8. The summed E-state index contributed by atoms with van der Waals surface area (Å²) in [5.74, 6) is 0.826. The van der Waals surface area contributed by atoms with Crippen LogP contribution in [0.4, 0.5) is 10.5 Å². The number of aliphatic hydroxyl groups is 1. The zero-order valence-electron chi connectivity index (χ0n) is 18.4. The Morgan fingerprint density at radius 1 is 1.15 bits per heavy atom. The highest BCUT2D eigenvalue weighted by Gasteiger charge is 2.27. The molecule has 0 aromatic heterocycles. The second-order valence-electron chi connectivity index (χ2n) is 6.92. The van der Waals surface area contributed by atoms with Crippen LogP contribution < -0.4 is 25.0 Å². The second kappa shape index (κ2) is 12.4. The molecule has 0 unspecified atom stereocenters. The van der Waals surface area contributed by atoms with E-state index in [-0.39, 0.29) is 26.6 Å². The Bertz CT molecular complexity index is 994. The largest absolute Gasteiger partial charge is 0.491 e. The van der Waals surface area contributed by atoms with Crippen molar-refractivity contribution in [3.05, 3.63) is 60.2 Å². The number of amides is 2. The van der Waals surface area contributed by atoms with Crippen molar-refractivity contribution in [3.8, 4) is 17.2 Å². The van der Waals surface area contributed by atoms with Gasteiger partial charge in [-0.1, -0.05) is 12.1 Å². The molecule has 0 bridgehead atoms. The molecule has 4 N–H and O–H groups in total. The van der Waals surface area contributed by atoms with Crippen LogP contribution in [-0.2, 0) is 14.3 Å². The molecule has 11 nitrogen and oxygen atoms in total. The van der Waals surface area contributed by atoms with Crippen LogP contribution in [0.25, 0.3) is 0 Å². The van der Waals surface area contributed by atoms with E-state index in [0.29, 0.717) is 28.5 Å². The molecule has 0 fully saturated rings. The fourth-order valence-corrected chi connectivity index (χ4v) is 3.13. The van der Waals surface area contributed by atoms with Gasteiger partial charge in [-0.15, -0.1) is 0 Å². The van der Waals surface area contributed by atoms with Gasteiger partial charge in [0.05, 0.1) is 6.61 Å². The number of benzene rings is 2. The van der Waals surface area contributed by atoms with E-state index in [4.69, 9.17) is 34.0 Å². The lowest BCUT2D eigenvalue weighted by atomic mass is 10.0. The summed E-state index contributed by atoms with van der Waals surface area (Å²) in [6, 6.07) is 11.6. The van der Waals surface area contributed by atoms with Gasteiger partial charge in [0, 0.05) is 24.4 Å². The molecule has 1 aliphatic heterocycles. The third-order valence-corrected chi connectivity index (χ3v) is 4.63. The molecule has 2 aromatic carbocycles. The van der Waals surface area contributed by atoms with Crippen molar-refractivity contribution in [3.63, 3.8) is 0 Å². The molecule has 0 saturated heterocycles. The summed E-state index contributed by atoms with van der Waals surface area (Å²) in [4.78, 5) is 24.2. The van der Waals surface area contributed by atoms with E-state index in [1.165, 1.54) is 11.6 Å². The molecule has 182 valence electrons. The molecule has 2 amide bonds. The van der Waals surface area contributed by atoms with Crippen molar-refractivity contribution in [2.24, 2.45) is 0 Å². The number of nitrogens with one attached hydrogen (secondary N) is 2. The number of hydrogen-bond donors (Lipinski definition) is 4. The second-order valence-corrected chi connectivity index (χ2v) is 6.92. The number of rotatable bonds is 11. The maximum absolute atomic E-state index is 12.8. The van der Waals surface area contributed by atoms with Crippen molar-refractivity contribution in [1.29, 1.82) is 0 Å². The number of hydrogen-bond acceptors (Lipinski definition) is 9. The molecule has 0 saturated carbocycles. The summed E-state index contributed by atoms with van der Waals surface area (Å²) in [6.45, 7) is 2.13. The van der Waals surface area contributed by atoms with Gasteiger partial charge in [-0.3, -0.25) is 15.3 Å². The van der Waals surface area contributed by atoms with Crippen molar-refractivity contribution in [2.75, 3.05) is 31.9 Å². The maximum Gasteiger partial charge on any atom is 0.412 e. The SMILES string of the molecule is CCO[C@@H](/C=C/C(=O)NO)[C@@H](OC(=O)Nc1ccc2c(c1)OCO2)c1ccc(OCCO)cc1. The molecule has 1 heterocycles. The third kappa shape index (κ3) is 6.85. The predicted molar refractivity (Wildman–Crippen MR) is 119 cm³/mol. The fraction of sp³-hybridized carbons (Fsp3) is 0.304. The molecule has 3 rings (SSSR count). The summed E-state index contributed by atoms with van der Waals surface area (Å²) in [7, 11) is 0. The van der Waals surface area contributed by atoms with Gasteiger partial charge in [0.2, 0.25) is 6.79 Å². The molecule has 1 aliphatic rings. The van der Waals surface area contributed by atoms with Crippen LogP contribution in [0.1, 0.15) is 18.6 Å². The van der Waals surface area contributed by atoms with Gasteiger partial charge in [-0.2, -0.15) is 0 Å². The molecule has 0 aliphatic carbocycles. The van der Waals surface area contributed by atoms with Crippen LogP contribution in [0.5, 0.6) is 17.2 Å². The Morgan fingerprint density at radius 2 is 1.91 bits per heavy atom. The topological polar surface area (TPSA) is 145 Å². The predicted octanol–water partition coefficient (Wildman–Crippen LogP) is 2.54. The van der Waals surface area contributed by atoms with Crippen LogP contribution >= 0.6 is 0 Å². The summed E-state index contributed by atoms with van der Waals surface area (Å²) in [5, 5.41) is 20.3. The van der Waals surface area contributed by atoms with Crippen LogP contribution in [-0.4, -0.2) is 55.0 Å². The number of aliphatic hydroxyl groups excluding tert-OH is 1. The molecular formula is C23H26N2O9. The monoisotopic (exact) mass is 474 g/mol. The molecule has 34 heavy (non-hydrogen) atoms. The highest BCUT2D eigenvalue weighted by Crippen LogP contribution is 2.34. The number of anilines is 1. The zero-order chi connectivity index (χ0) is 24.3. The number of hydroxylamine groups is 1. The first-order chi connectivity index (χ1) is 16.5. The highest BCUT2D eigenvalue weighted by molar-refractivity contribution is 5.87. The third-order valence-electron chi connectivity index (χ3n) is 4.63. The van der Waals surface area contributed by atoms with Gasteiger partial charge >= 0.3 is 6.09 Å². The standard InChI is InChI=1S/C23H26N2O9/c1-2-30-19(9-10-21(27)25-29)22(15-3-6-17(7-4-15)31-12-11-26)34-23(28)24-16-5-8-18-20(13-16)33-14-32-18/h3-10,13,19,22,26,29H,2,11-12,14H2,1H3,(H,24,28)(H,25,27)/b10-9+/t19-,22-/m0/s1. The van der Waals surface area contributed by atoms with Gasteiger partial charge in [0.25, 0.3) is 5.91 Å². The summed E-state index contributed by atoms with van der Waals surface area (Å²) in [5.41, 5.74) is 2.50. The van der Waals surface area contributed by atoms with E-state index in [2.05, 4.69) is 5.32 Å². The number of ether oxygens (including phenoxy) is 5. The number of fused-ring (bicyclic) bond motifs is 1. The Kier molecular flexibility index (Phi) is 9.09. The lowest BCUT2D eigenvalue weighted by molar-refractivity contribution is -0.124. The van der Waals surface area contributed by atoms with E-state index in [1.54, 1.807) is 49.4 Å². The minimum atomic E-state index is -0.955. The van der Waals surface area contributed by atoms with Crippen LogP contribution in [0.15, 0.2) is 54.6 Å². The Hall–Kier alpha value is -3.80. The van der Waals surface area contributed by atoms with E-state index in [9.17, 15) is 9.59 Å². The minimum Gasteiger partial charge on any atom is -0.491 e. The Balaban J connectivity index is 1.81. The number of carbonyl (C=O) groups is 2. The van der Waals surface area contributed by atoms with Crippen molar-refractivity contribution >= 4 is 17.7 Å². The van der Waals surface area contributed by atoms with E-state index >= 15 is 0 Å². The van der Waals surface area contributed by atoms with Gasteiger partial charge in [-0.05, 0) is 42.8 Å². The summed E-state index contributed by atoms with van der Waals surface area (Å²) < 4.78 is 27.3. The molecule has 11 heteroatoms. The molecule has 0 radical (unpaired) electrons. The normalized spacial score (nSPS) is 13.9. The molecular weight excluding hydrogens is 448 g/mol. The first-order valence-electron chi connectivity index (χ1n) is 10.5. The fourth-order valence-electron chi connectivity index (χ4n) is 3.13. The Morgan fingerprint density at radius 3 is 2.62 bits per heavy atom. The van der Waals surface area contributed by atoms with Crippen molar-refractivity contribution in [1.82, 2.24) is 5.48 Å². The minimum absolute atomic E-state index is 0.104. The first-order valence-corrected chi connectivity index (χ1v) is 10.5. The highest BCUT2D eigenvalue weighted by atomic mass is 16.7. The van der Waals surface area contributed by atoms with Gasteiger partial charge < -0.3 is 28.8 Å². The Labute approximate surface area is 195 Å². The lowest BCUT2D eigenvalue weighted by Crippen LogP contribution is -2.28. The van der Waals surface area contributed by atoms with E-state index < -0.39 is 24.2 Å². The van der Waals surface area contributed by atoms with Crippen molar-refractivity contribution in [2.45, 2.75) is 19.1 Å². The lowest BCUT2D eigenvalue weighted by Gasteiger charge is -2.25. The van der Waals surface area contributed by atoms with Crippen molar-refractivity contribution < 1.29 is 43.6 Å². The number of carbonyl (C=O) groups excluding carboxylic acids is 2. The summed E-state index contributed by atoms with van der Waals surface area (Å²) in [6.07, 6.45) is -0.124. The van der Waals surface area contributed by atoms with E-state index in [0.717, 1.165) is 6.08 Å². The smallest absolute Gasteiger partial charge is 0.412 e. The average molecular weight is 474 g/mol. The zero-order valence-corrected chi connectivity index (χ0v) is 18.4. The van der Waals surface area contributed by atoms with Gasteiger partial charge in [0.15, 0.2) is 17.6 Å². The van der Waals surface area contributed by atoms with E-state index in [1.807, 2.05) is 0 Å². The van der Waals surface area contributed by atoms with Gasteiger partial charge in [0.1, 0.15) is 18.5 Å². The first kappa shape index (κ1) is 24.8. The quantitative estimate of drug-likeness (QED) is 0.219. The average Bonchev–Trinajstić information content (AvgIpc) is 3.32. The summed E-state index contributed by atoms with van der Waals surface area (Å²) >= 11 is 0. The van der Waals surface area contributed by atoms with Crippen LogP contribution in [0.3, 0.4) is 0 Å². The molecule has 2 aromatic rings. The molecule has 0 spiro atoms. The van der Waals surface area contributed by atoms with Crippen LogP contribution in [0.2, 0.25) is 0 Å².